The molecular weight excluding hydrogens is 370 g/mol. The minimum atomic E-state index is 0.163. The van der Waals surface area contributed by atoms with Crippen LogP contribution in [0.25, 0.3) is 5.65 Å². The highest BCUT2D eigenvalue weighted by atomic mass is 16.5. The number of hydrogen-bond donors (Lipinski definition) is 3. The van der Waals surface area contributed by atoms with Crippen molar-refractivity contribution < 1.29 is 15.0 Å². The molecule has 154 valence electrons. The Kier molecular flexibility index (Phi) is 5.75. The fraction of sp³-hybridized carbons (Fsp3) is 0.500. The van der Waals surface area contributed by atoms with E-state index >= 15 is 0 Å². The fourth-order valence-corrected chi connectivity index (χ4v) is 3.91. The maximum absolute atomic E-state index is 9.63. The van der Waals surface area contributed by atoms with Gasteiger partial charge in [-0.25, -0.2) is 0 Å². The molecule has 9 nitrogen and oxygen atoms in total. The lowest BCUT2D eigenvalue weighted by Crippen LogP contribution is -2.41. The Balaban J connectivity index is 1.69. The number of anilines is 2. The molecule has 1 aliphatic rings. The molecule has 0 saturated carbocycles. The second kappa shape index (κ2) is 8.60. The van der Waals surface area contributed by atoms with Crippen molar-refractivity contribution >= 4 is 17.5 Å². The molecule has 0 spiro atoms. The number of pyridine rings is 1. The lowest BCUT2D eigenvalue weighted by atomic mass is 10.0. The van der Waals surface area contributed by atoms with Gasteiger partial charge in [0.15, 0.2) is 5.65 Å². The van der Waals surface area contributed by atoms with Crippen molar-refractivity contribution in [3.05, 3.63) is 41.9 Å². The highest BCUT2D eigenvalue weighted by Crippen LogP contribution is 2.26. The third-order valence-electron chi connectivity index (χ3n) is 5.45. The molecule has 0 bridgehead atoms. The fourth-order valence-electron chi connectivity index (χ4n) is 3.91. The number of fused-ring (bicyclic) bond motifs is 1. The molecule has 3 N–H and O–H groups in total. The standard InChI is InChI=1S/C20H28N7O2/c1-2-16-13-22-27-18(16)23-20(26-10-4-3-7-17(26)8-11-28)24-19(27)21-12-15-6-5-9-25(29)14-15/h5-6,9,13-14,17,28-29H,2-4,7-8,10-12H2,1H3,(H,21,23,24)/q+1/t17-/m0/s1. The molecule has 29 heavy (non-hydrogen) atoms. The van der Waals surface area contributed by atoms with E-state index < -0.39 is 0 Å². The van der Waals surface area contributed by atoms with Crippen molar-refractivity contribution in [3.8, 4) is 0 Å². The number of rotatable bonds is 7. The Morgan fingerprint density at radius 3 is 3.00 bits per heavy atom. The second-order valence-electron chi connectivity index (χ2n) is 7.41. The number of aliphatic hydroxyl groups excluding tert-OH is 1. The van der Waals surface area contributed by atoms with E-state index in [-0.39, 0.29) is 12.6 Å². The summed E-state index contributed by atoms with van der Waals surface area (Å²) < 4.78 is 2.78. The first-order chi connectivity index (χ1) is 14.2. The third-order valence-corrected chi connectivity index (χ3v) is 5.45. The van der Waals surface area contributed by atoms with Gasteiger partial charge >= 0.3 is 0 Å². The van der Waals surface area contributed by atoms with Gasteiger partial charge in [-0.15, -0.1) is 0 Å². The molecule has 0 amide bonds. The van der Waals surface area contributed by atoms with Crippen LogP contribution in [0.1, 0.15) is 43.7 Å². The van der Waals surface area contributed by atoms with Crippen molar-refractivity contribution in [3.63, 3.8) is 0 Å². The van der Waals surface area contributed by atoms with Crippen LogP contribution in [0.5, 0.6) is 0 Å². The van der Waals surface area contributed by atoms with E-state index in [4.69, 9.17) is 9.97 Å². The minimum absolute atomic E-state index is 0.163. The van der Waals surface area contributed by atoms with Crippen LogP contribution in [0.3, 0.4) is 0 Å². The summed E-state index contributed by atoms with van der Waals surface area (Å²) in [5.74, 6) is 1.30. The van der Waals surface area contributed by atoms with Gasteiger partial charge in [0.1, 0.15) is 0 Å². The van der Waals surface area contributed by atoms with Gasteiger partial charge < -0.3 is 15.3 Å². The lowest BCUT2D eigenvalue weighted by molar-refractivity contribution is -0.905. The van der Waals surface area contributed by atoms with Gasteiger partial charge in [-0.2, -0.15) is 19.6 Å². The van der Waals surface area contributed by atoms with E-state index in [1.54, 1.807) is 23.0 Å². The van der Waals surface area contributed by atoms with Crippen molar-refractivity contribution in [2.45, 2.75) is 51.6 Å². The zero-order valence-corrected chi connectivity index (χ0v) is 16.7. The topological polar surface area (TPSA) is 103 Å². The van der Waals surface area contributed by atoms with Crippen LogP contribution >= 0.6 is 0 Å². The van der Waals surface area contributed by atoms with Gasteiger partial charge in [-0.3, -0.25) is 5.21 Å². The Labute approximate surface area is 169 Å². The van der Waals surface area contributed by atoms with Crippen LogP contribution in [0.4, 0.5) is 11.9 Å². The Bertz CT molecular complexity index is 973. The molecule has 4 heterocycles. The number of piperidine rings is 1. The zero-order chi connectivity index (χ0) is 20.2. The number of aromatic nitrogens is 5. The molecule has 1 atom stereocenters. The maximum Gasteiger partial charge on any atom is 0.230 e. The summed E-state index contributed by atoms with van der Waals surface area (Å²) in [6.45, 7) is 3.63. The summed E-state index contributed by atoms with van der Waals surface area (Å²) >= 11 is 0. The Morgan fingerprint density at radius 1 is 1.31 bits per heavy atom. The minimum Gasteiger partial charge on any atom is -0.396 e. The van der Waals surface area contributed by atoms with Gasteiger partial charge in [-0.1, -0.05) is 6.92 Å². The quantitative estimate of drug-likeness (QED) is 0.410. The molecule has 0 radical (unpaired) electrons. The van der Waals surface area contributed by atoms with Crippen LogP contribution < -0.4 is 14.9 Å². The van der Waals surface area contributed by atoms with Crippen LogP contribution in [0.15, 0.2) is 30.7 Å². The number of nitrogens with zero attached hydrogens (tertiary/aromatic N) is 6. The SMILES string of the molecule is CCc1cnn2c(NCc3ccc[n+](O)c3)nc(N3CCCC[C@H]3CCO)nc12. The average molecular weight is 398 g/mol. The van der Waals surface area contributed by atoms with Crippen molar-refractivity contribution in [1.82, 2.24) is 19.6 Å². The van der Waals surface area contributed by atoms with E-state index in [2.05, 4.69) is 22.2 Å². The van der Waals surface area contributed by atoms with Gasteiger partial charge in [0.25, 0.3) is 0 Å². The average Bonchev–Trinajstić information content (AvgIpc) is 3.16. The summed E-state index contributed by atoms with van der Waals surface area (Å²) in [4.78, 5) is 11.9. The summed E-state index contributed by atoms with van der Waals surface area (Å²) in [5.41, 5.74) is 2.79. The molecule has 3 aromatic rings. The zero-order valence-electron chi connectivity index (χ0n) is 16.7. The number of aliphatic hydroxyl groups is 1. The second-order valence-corrected chi connectivity index (χ2v) is 7.41. The van der Waals surface area contributed by atoms with E-state index in [1.807, 2.05) is 12.3 Å². The first-order valence-electron chi connectivity index (χ1n) is 10.2. The van der Waals surface area contributed by atoms with Gasteiger partial charge in [0, 0.05) is 47.7 Å². The van der Waals surface area contributed by atoms with Gasteiger partial charge in [0.05, 0.1) is 6.20 Å². The molecule has 4 rings (SSSR count). The molecule has 1 fully saturated rings. The first-order valence-corrected chi connectivity index (χ1v) is 10.2. The van der Waals surface area contributed by atoms with Crippen LogP contribution in [0, 0.1) is 0 Å². The molecule has 3 aromatic heterocycles. The predicted molar refractivity (Wildman–Crippen MR) is 108 cm³/mol. The summed E-state index contributed by atoms with van der Waals surface area (Å²) in [5, 5.41) is 26.9. The normalized spacial score (nSPS) is 17.0. The highest BCUT2D eigenvalue weighted by Gasteiger charge is 2.26. The maximum atomic E-state index is 9.63. The van der Waals surface area contributed by atoms with E-state index in [0.29, 0.717) is 18.4 Å². The van der Waals surface area contributed by atoms with Gasteiger partial charge in [0.2, 0.25) is 24.3 Å². The monoisotopic (exact) mass is 398 g/mol. The summed E-state index contributed by atoms with van der Waals surface area (Å²) in [6, 6.07) is 3.97. The van der Waals surface area contributed by atoms with Crippen LogP contribution in [-0.4, -0.2) is 49.1 Å². The molecule has 0 aromatic carbocycles. The number of hydrogen-bond acceptors (Lipinski definition) is 7. The van der Waals surface area contributed by atoms with E-state index in [9.17, 15) is 10.3 Å². The summed E-state index contributed by atoms with van der Waals surface area (Å²) in [6.07, 6.45) is 9.91. The summed E-state index contributed by atoms with van der Waals surface area (Å²) in [7, 11) is 0. The van der Waals surface area contributed by atoms with E-state index in [0.717, 1.165) is 60.2 Å². The van der Waals surface area contributed by atoms with Crippen molar-refractivity contribution in [2.24, 2.45) is 0 Å². The number of aryl methyl sites for hydroxylation is 1. The number of nitrogens with one attached hydrogen (secondary N) is 1. The first kappa shape index (κ1) is 19.4. The van der Waals surface area contributed by atoms with Crippen molar-refractivity contribution in [1.29, 1.82) is 0 Å². The predicted octanol–water partition coefficient (Wildman–Crippen LogP) is 1.56. The Morgan fingerprint density at radius 2 is 2.21 bits per heavy atom. The molecule has 0 unspecified atom stereocenters. The highest BCUT2D eigenvalue weighted by molar-refractivity contribution is 5.55. The molecule has 0 aliphatic carbocycles. The van der Waals surface area contributed by atoms with Gasteiger partial charge in [-0.05, 0) is 38.2 Å². The molecule has 9 heteroatoms. The molecule has 1 aliphatic heterocycles. The largest absolute Gasteiger partial charge is 0.396 e. The van der Waals surface area contributed by atoms with Crippen LogP contribution in [0.2, 0.25) is 0 Å². The van der Waals surface area contributed by atoms with E-state index in [1.165, 1.54) is 0 Å². The van der Waals surface area contributed by atoms with Crippen LogP contribution in [-0.2, 0) is 13.0 Å². The Hall–Kier alpha value is -2.94. The molecule has 1 saturated heterocycles. The third kappa shape index (κ3) is 4.09. The smallest absolute Gasteiger partial charge is 0.230 e. The molecular formula is C20H28N7O2+. The van der Waals surface area contributed by atoms with Crippen molar-refractivity contribution in [2.75, 3.05) is 23.4 Å². The lowest BCUT2D eigenvalue weighted by Gasteiger charge is -2.35.